The second-order valence-corrected chi connectivity index (χ2v) is 13.5. The molecule has 0 spiro atoms. The molecule has 1 aliphatic carbocycles. The van der Waals surface area contributed by atoms with Crippen molar-refractivity contribution in [2.75, 3.05) is 0 Å². The van der Waals surface area contributed by atoms with Crippen LogP contribution in [0.15, 0.2) is 44.8 Å². The topological polar surface area (TPSA) is 0 Å². The van der Waals surface area contributed by atoms with Gasteiger partial charge in [0.15, 0.2) is 0 Å². The third kappa shape index (κ3) is 3.84. The molecule has 0 saturated heterocycles. The molecule has 0 amide bonds. The van der Waals surface area contributed by atoms with E-state index < -0.39 is 0 Å². The smallest absolute Gasteiger partial charge is 0.0574 e. The second-order valence-electron chi connectivity index (χ2n) is 7.25. The molecule has 148 valence electrons. The van der Waals surface area contributed by atoms with Gasteiger partial charge in [-0.3, -0.25) is 0 Å². The summed E-state index contributed by atoms with van der Waals surface area (Å²) in [5, 5.41) is 0. The first-order chi connectivity index (χ1) is 14.0. The summed E-state index contributed by atoms with van der Waals surface area (Å²) in [5.74, 6) is 0. The number of hydrogen-bond donors (Lipinski definition) is 2. The maximum Gasteiger partial charge on any atom is 0.0574 e. The van der Waals surface area contributed by atoms with Gasteiger partial charge in [-0.25, -0.2) is 0 Å². The van der Waals surface area contributed by atoms with Crippen molar-refractivity contribution >= 4 is 81.8 Å². The fourth-order valence-corrected chi connectivity index (χ4v) is 8.55. The van der Waals surface area contributed by atoms with Crippen molar-refractivity contribution in [3.8, 4) is 19.5 Å². The molecule has 0 fully saturated rings. The van der Waals surface area contributed by atoms with Gasteiger partial charge in [0.25, 0.3) is 0 Å². The van der Waals surface area contributed by atoms with Gasteiger partial charge in [-0.1, -0.05) is 0 Å². The van der Waals surface area contributed by atoms with Crippen LogP contribution in [0.3, 0.4) is 0 Å². The zero-order valence-corrected chi connectivity index (χ0v) is 21.2. The normalized spacial score (nSPS) is 14.3. The van der Waals surface area contributed by atoms with Gasteiger partial charge in [0, 0.05) is 29.3 Å². The second kappa shape index (κ2) is 8.06. The zero-order valence-electron chi connectivity index (χ0n) is 16.1. The minimum absolute atomic E-state index is 1.08. The zero-order chi connectivity index (χ0) is 20.1. The van der Waals surface area contributed by atoms with E-state index in [2.05, 4.69) is 75.5 Å². The predicted molar refractivity (Wildman–Crippen MR) is 140 cm³/mol. The molecule has 0 radical (unpaired) electrons. The summed E-state index contributed by atoms with van der Waals surface area (Å²) >= 11 is 16.3. The van der Waals surface area contributed by atoms with Crippen LogP contribution in [0.25, 0.3) is 30.7 Å². The monoisotopic (exact) mass is 488 g/mol. The highest BCUT2D eigenvalue weighted by Gasteiger charge is 2.23. The molecular formula is C23H20S6. The Kier molecular flexibility index (Phi) is 5.60. The summed E-state index contributed by atoms with van der Waals surface area (Å²) < 4.78 is 2.15. The molecule has 29 heavy (non-hydrogen) atoms. The third-order valence-corrected chi connectivity index (χ3v) is 10.5. The number of hydrogen-bond acceptors (Lipinski definition) is 6. The summed E-state index contributed by atoms with van der Waals surface area (Å²) in [4.78, 5) is 8.23. The Morgan fingerprint density at radius 2 is 1.07 bits per heavy atom. The molecule has 0 aliphatic heterocycles. The fraction of sp³-hybridized carbons (Fsp3) is 0.217. The van der Waals surface area contributed by atoms with Gasteiger partial charge in [-0.15, -0.1) is 70.6 Å². The standard InChI is InChI=1S/C23H20S6/c1-12-16(10-20(26-12)18-6-8-22(24)28-18)14-4-3-5-15(14)17-11-21(27-13(17)2)19-7-9-23(25)29-19/h6-11,24-25H,3-5H2,1-2H3. The highest BCUT2D eigenvalue weighted by molar-refractivity contribution is 7.83. The SMILES string of the molecule is Cc1sc(-c2ccc(S)s2)cc1C1=C(c2cc(-c3ccc(S)s3)sc2C)CCC1. The van der Waals surface area contributed by atoms with E-state index in [1.165, 1.54) is 59.7 Å². The molecule has 4 aromatic rings. The molecule has 5 rings (SSSR count). The van der Waals surface area contributed by atoms with Crippen LogP contribution in [-0.2, 0) is 0 Å². The Morgan fingerprint density at radius 3 is 1.45 bits per heavy atom. The van der Waals surface area contributed by atoms with Crippen LogP contribution in [0.2, 0.25) is 0 Å². The molecule has 0 atom stereocenters. The molecule has 0 saturated carbocycles. The van der Waals surface area contributed by atoms with E-state index in [9.17, 15) is 0 Å². The van der Waals surface area contributed by atoms with Crippen LogP contribution in [0.1, 0.15) is 40.1 Å². The summed E-state index contributed by atoms with van der Waals surface area (Å²) in [6.07, 6.45) is 3.61. The van der Waals surface area contributed by atoms with E-state index >= 15 is 0 Å². The highest BCUT2D eigenvalue weighted by atomic mass is 32.2. The molecule has 6 heteroatoms. The van der Waals surface area contributed by atoms with Crippen LogP contribution in [0, 0.1) is 13.8 Å². The summed E-state index contributed by atoms with van der Waals surface area (Å²) in [6.45, 7) is 4.54. The van der Waals surface area contributed by atoms with E-state index in [1.54, 1.807) is 33.8 Å². The average Bonchev–Trinajstić information content (AvgIpc) is 3.46. The maximum absolute atomic E-state index is 4.49. The van der Waals surface area contributed by atoms with Gasteiger partial charge in [-0.05, 0) is 91.8 Å². The Bertz CT molecular complexity index is 1130. The lowest BCUT2D eigenvalue weighted by Gasteiger charge is -2.07. The van der Waals surface area contributed by atoms with Crippen molar-refractivity contribution in [3.63, 3.8) is 0 Å². The number of thiol groups is 2. The van der Waals surface area contributed by atoms with E-state index in [1.807, 2.05) is 22.7 Å². The van der Waals surface area contributed by atoms with E-state index in [0.717, 1.165) is 8.42 Å². The highest BCUT2D eigenvalue weighted by Crippen LogP contribution is 2.48. The van der Waals surface area contributed by atoms with Gasteiger partial charge < -0.3 is 0 Å². The van der Waals surface area contributed by atoms with Crippen molar-refractivity contribution in [2.24, 2.45) is 0 Å². The van der Waals surface area contributed by atoms with Crippen LogP contribution in [0.5, 0.6) is 0 Å². The first-order valence-corrected chi connectivity index (χ1v) is 13.7. The molecule has 4 heterocycles. The van der Waals surface area contributed by atoms with E-state index in [-0.39, 0.29) is 0 Å². The largest absolute Gasteiger partial charge is 0.139 e. The Balaban J connectivity index is 1.57. The van der Waals surface area contributed by atoms with Crippen molar-refractivity contribution in [3.05, 3.63) is 57.3 Å². The molecule has 0 bridgehead atoms. The quantitative estimate of drug-likeness (QED) is 0.262. The van der Waals surface area contributed by atoms with Crippen LogP contribution >= 0.6 is 70.6 Å². The van der Waals surface area contributed by atoms with E-state index in [0.29, 0.717) is 0 Å². The van der Waals surface area contributed by atoms with Gasteiger partial charge in [-0.2, -0.15) is 0 Å². The third-order valence-electron chi connectivity index (χ3n) is 5.37. The van der Waals surface area contributed by atoms with Crippen molar-refractivity contribution < 1.29 is 0 Å². The predicted octanol–water partition coefficient (Wildman–Crippen LogP) is 9.56. The van der Waals surface area contributed by atoms with Crippen molar-refractivity contribution in [1.82, 2.24) is 0 Å². The minimum atomic E-state index is 1.08. The average molecular weight is 489 g/mol. The van der Waals surface area contributed by atoms with Gasteiger partial charge in [0.2, 0.25) is 0 Å². The summed E-state index contributed by atoms with van der Waals surface area (Å²) in [6, 6.07) is 13.4. The fourth-order valence-electron chi connectivity index (χ4n) is 4.06. The first-order valence-electron chi connectivity index (χ1n) is 9.51. The van der Waals surface area contributed by atoms with Crippen LogP contribution < -0.4 is 0 Å². The lowest BCUT2D eigenvalue weighted by atomic mass is 9.97. The van der Waals surface area contributed by atoms with Crippen molar-refractivity contribution in [2.45, 2.75) is 41.5 Å². The number of allylic oxidation sites excluding steroid dienone is 2. The van der Waals surface area contributed by atoms with Gasteiger partial charge in [0.05, 0.1) is 8.42 Å². The first kappa shape index (κ1) is 20.2. The minimum Gasteiger partial charge on any atom is -0.139 e. The molecule has 0 unspecified atom stereocenters. The number of rotatable bonds is 4. The molecule has 0 N–H and O–H groups in total. The van der Waals surface area contributed by atoms with Crippen molar-refractivity contribution in [1.29, 1.82) is 0 Å². The van der Waals surface area contributed by atoms with E-state index in [4.69, 9.17) is 0 Å². The Hall–Kier alpha value is -0.760. The van der Waals surface area contributed by atoms with Crippen LogP contribution in [0.4, 0.5) is 0 Å². The molecule has 1 aliphatic rings. The summed E-state index contributed by atoms with van der Waals surface area (Å²) in [5.41, 5.74) is 6.02. The molecular weight excluding hydrogens is 469 g/mol. The molecule has 4 aromatic heterocycles. The van der Waals surface area contributed by atoms with Gasteiger partial charge >= 0.3 is 0 Å². The number of thiophene rings is 4. The van der Waals surface area contributed by atoms with Crippen LogP contribution in [-0.4, -0.2) is 0 Å². The molecule has 0 nitrogen and oxygen atoms in total. The maximum atomic E-state index is 4.49. The Morgan fingerprint density at radius 1 is 0.621 bits per heavy atom. The Labute approximate surface area is 198 Å². The lowest BCUT2D eigenvalue weighted by molar-refractivity contribution is 0.941. The molecule has 0 aromatic carbocycles. The lowest BCUT2D eigenvalue weighted by Crippen LogP contribution is -1.86. The van der Waals surface area contributed by atoms with Gasteiger partial charge in [0.1, 0.15) is 0 Å². The number of aryl methyl sites for hydroxylation is 2. The summed E-state index contributed by atoms with van der Waals surface area (Å²) in [7, 11) is 0.